The summed E-state index contributed by atoms with van der Waals surface area (Å²) in [6.45, 7) is 2.85. The third kappa shape index (κ3) is 8.77. The summed E-state index contributed by atoms with van der Waals surface area (Å²) in [7, 11) is -1.51. The first-order valence-corrected chi connectivity index (χ1v) is 17.0. The molecule has 9 nitrogen and oxygen atoms in total. The average molecular weight is 699 g/mol. The molecule has 0 fully saturated rings. The Morgan fingerprint density at radius 1 is 0.809 bits per heavy atom. The molecule has 1 N–H and O–H groups in total. The van der Waals surface area contributed by atoms with Crippen molar-refractivity contribution in [1.82, 2.24) is 10.2 Å². The third-order valence-corrected chi connectivity index (χ3v) is 9.84. The molecular weight excluding hydrogens is 661 g/mol. The number of hydrogen-bond donors (Lipinski definition) is 1. The molecule has 248 valence electrons. The molecule has 0 spiro atoms. The van der Waals surface area contributed by atoms with Gasteiger partial charge in [0.2, 0.25) is 11.8 Å². The molecule has 0 aliphatic heterocycles. The van der Waals surface area contributed by atoms with E-state index in [1.54, 1.807) is 48.5 Å². The number of nitrogens with one attached hydrogen (secondary N) is 1. The van der Waals surface area contributed by atoms with Crippen LogP contribution in [0.5, 0.6) is 11.5 Å². The zero-order chi connectivity index (χ0) is 34.1. The van der Waals surface area contributed by atoms with Crippen LogP contribution in [0.25, 0.3) is 0 Å². The largest absolute Gasteiger partial charge is 0.493 e. The molecule has 4 aromatic rings. The van der Waals surface area contributed by atoms with Gasteiger partial charge < -0.3 is 19.7 Å². The Hall–Kier alpha value is -4.25. The van der Waals surface area contributed by atoms with Crippen molar-refractivity contribution >= 4 is 50.7 Å². The molecule has 0 bridgehead atoms. The molecule has 1 unspecified atom stereocenters. The van der Waals surface area contributed by atoms with Gasteiger partial charge >= 0.3 is 0 Å². The SMILES string of the molecule is COc1ccc(S(=O)(=O)N(CC(=O)N(Cc2c(Cl)cccc2Cl)C(Cc2ccccc2)C(=O)NC(C)C)c2ccccc2)cc1OC. The molecule has 4 aromatic carbocycles. The van der Waals surface area contributed by atoms with Crippen LogP contribution in [0.4, 0.5) is 5.69 Å². The maximum Gasteiger partial charge on any atom is 0.264 e. The van der Waals surface area contributed by atoms with E-state index >= 15 is 0 Å². The highest BCUT2D eigenvalue weighted by atomic mass is 35.5. The number of nitrogens with zero attached hydrogens (tertiary/aromatic N) is 2. The van der Waals surface area contributed by atoms with Crippen molar-refractivity contribution in [3.63, 3.8) is 0 Å². The third-order valence-electron chi connectivity index (χ3n) is 7.36. The van der Waals surface area contributed by atoms with Crippen molar-refractivity contribution in [2.24, 2.45) is 0 Å². The van der Waals surface area contributed by atoms with Crippen LogP contribution in [-0.4, -0.2) is 58.0 Å². The second-order valence-corrected chi connectivity index (χ2v) is 13.6. The minimum atomic E-state index is -4.36. The van der Waals surface area contributed by atoms with E-state index in [-0.39, 0.29) is 35.3 Å². The molecule has 4 rings (SSSR count). The molecule has 0 radical (unpaired) electrons. The van der Waals surface area contributed by atoms with Crippen molar-refractivity contribution in [3.8, 4) is 11.5 Å². The van der Waals surface area contributed by atoms with Gasteiger partial charge in [-0.15, -0.1) is 0 Å². The topological polar surface area (TPSA) is 105 Å². The first-order valence-electron chi connectivity index (χ1n) is 14.8. The predicted octanol–water partition coefficient (Wildman–Crippen LogP) is 6.37. The van der Waals surface area contributed by atoms with Crippen molar-refractivity contribution in [2.45, 2.75) is 43.8 Å². The second-order valence-electron chi connectivity index (χ2n) is 11.0. The van der Waals surface area contributed by atoms with Gasteiger partial charge in [0, 0.05) is 40.7 Å². The number of benzene rings is 4. The molecule has 0 saturated heterocycles. The van der Waals surface area contributed by atoms with Gasteiger partial charge in [0.1, 0.15) is 12.6 Å². The van der Waals surface area contributed by atoms with Crippen molar-refractivity contribution in [3.05, 3.63) is 118 Å². The number of para-hydroxylation sites is 1. The minimum absolute atomic E-state index is 0.120. The van der Waals surface area contributed by atoms with Gasteiger partial charge in [-0.2, -0.15) is 0 Å². The molecule has 47 heavy (non-hydrogen) atoms. The van der Waals surface area contributed by atoms with Crippen molar-refractivity contribution < 1.29 is 27.5 Å². The number of methoxy groups -OCH3 is 2. The van der Waals surface area contributed by atoms with Crippen molar-refractivity contribution in [1.29, 1.82) is 0 Å². The van der Waals surface area contributed by atoms with Crippen LogP contribution < -0.4 is 19.1 Å². The smallest absolute Gasteiger partial charge is 0.264 e. The maximum absolute atomic E-state index is 14.6. The number of sulfonamides is 1. The van der Waals surface area contributed by atoms with E-state index < -0.39 is 34.4 Å². The first-order chi connectivity index (χ1) is 22.5. The number of amides is 2. The number of rotatable bonds is 14. The lowest BCUT2D eigenvalue weighted by Gasteiger charge is -2.34. The normalized spacial score (nSPS) is 11.9. The van der Waals surface area contributed by atoms with E-state index in [1.807, 2.05) is 44.2 Å². The summed E-state index contributed by atoms with van der Waals surface area (Å²) in [5, 5.41) is 3.53. The van der Waals surface area contributed by atoms with Gasteiger partial charge in [0.05, 0.1) is 24.8 Å². The Morgan fingerprint density at radius 3 is 1.98 bits per heavy atom. The monoisotopic (exact) mass is 697 g/mol. The van der Waals surface area contributed by atoms with Gasteiger partial charge in [0.25, 0.3) is 10.0 Å². The van der Waals surface area contributed by atoms with E-state index in [0.717, 1.165) is 9.87 Å². The lowest BCUT2D eigenvalue weighted by Crippen LogP contribution is -2.54. The fourth-order valence-corrected chi connectivity index (χ4v) is 6.96. The Labute approximate surface area is 286 Å². The molecule has 12 heteroatoms. The number of carbonyl (C=O) groups excluding carboxylic acids is 2. The highest BCUT2D eigenvalue weighted by Crippen LogP contribution is 2.33. The quantitative estimate of drug-likeness (QED) is 0.164. The van der Waals surface area contributed by atoms with Crippen LogP contribution >= 0.6 is 23.2 Å². The second kappa shape index (κ2) is 16.0. The summed E-state index contributed by atoms with van der Waals surface area (Å²) < 4.78 is 40.3. The number of hydrogen-bond acceptors (Lipinski definition) is 6. The number of halogens is 2. The Morgan fingerprint density at radius 2 is 1.40 bits per heavy atom. The highest BCUT2D eigenvalue weighted by Gasteiger charge is 2.35. The molecule has 0 aromatic heterocycles. The van der Waals surface area contributed by atoms with Crippen LogP contribution in [-0.2, 0) is 32.6 Å². The minimum Gasteiger partial charge on any atom is -0.493 e. The zero-order valence-corrected chi connectivity index (χ0v) is 28.9. The summed E-state index contributed by atoms with van der Waals surface area (Å²) in [6.07, 6.45) is 0.154. The Balaban J connectivity index is 1.84. The molecule has 1 atom stereocenters. The summed E-state index contributed by atoms with van der Waals surface area (Å²) in [5.41, 5.74) is 1.48. The van der Waals surface area contributed by atoms with Gasteiger partial charge in [-0.3, -0.25) is 13.9 Å². The summed E-state index contributed by atoms with van der Waals surface area (Å²) in [6, 6.07) is 25.4. The molecule has 0 saturated carbocycles. The standard InChI is InChI=1S/C35H37Cl2N3O6S/c1-24(2)38-35(42)31(20-25-12-7-5-8-13-25)39(22-28-29(36)16-11-17-30(28)37)34(41)23-40(26-14-9-6-10-15-26)47(43,44)27-18-19-32(45-3)33(21-27)46-4/h5-19,21,24,31H,20,22-23H2,1-4H3,(H,38,42). The van der Waals surface area contributed by atoms with Gasteiger partial charge in [0.15, 0.2) is 11.5 Å². The molecule has 0 heterocycles. The van der Waals surface area contributed by atoms with E-state index in [1.165, 1.54) is 37.3 Å². The number of anilines is 1. The fourth-order valence-electron chi connectivity index (χ4n) is 5.02. The van der Waals surface area contributed by atoms with Gasteiger partial charge in [-0.05, 0) is 55.8 Å². The Kier molecular flexibility index (Phi) is 12.1. The summed E-state index contributed by atoms with van der Waals surface area (Å²) in [5.74, 6) is -0.504. The van der Waals surface area contributed by atoms with Gasteiger partial charge in [-0.25, -0.2) is 8.42 Å². The van der Waals surface area contributed by atoms with Crippen LogP contribution in [0.2, 0.25) is 10.0 Å². The number of carbonyl (C=O) groups is 2. The summed E-state index contributed by atoms with van der Waals surface area (Å²) >= 11 is 13.1. The lowest BCUT2D eigenvalue weighted by molar-refractivity contribution is -0.140. The molecule has 0 aliphatic rings. The molecular formula is C35H37Cl2N3O6S. The average Bonchev–Trinajstić information content (AvgIpc) is 3.06. The van der Waals surface area contributed by atoms with Crippen LogP contribution in [0.3, 0.4) is 0 Å². The summed E-state index contributed by atoms with van der Waals surface area (Å²) in [4.78, 5) is 29.7. The van der Waals surface area contributed by atoms with E-state index in [2.05, 4.69) is 5.32 Å². The van der Waals surface area contributed by atoms with Crippen molar-refractivity contribution in [2.75, 3.05) is 25.1 Å². The van der Waals surface area contributed by atoms with Crippen LogP contribution in [0.15, 0.2) is 102 Å². The van der Waals surface area contributed by atoms with Crippen LogP contribution in [0.1, 0.15) is 25.0 Å². The zero-order valence-electron chi connectivity index (χ0n) is 26.5. The maximum atomic E-state index is 14.6. The van der Waals surface area contributed by atoms with E-state index in [0.29, 0.717) is 21.4 Å². The highest BCUT2D eigenvalue weighted by molar-refractivity contribution is 7.92. The van der Waals surface area contributed by atoms with Gasteiger partial charge in [-0.1, -0.05) is 77.8 Å². The molecule has 0 aliphatic carbocycles. The van der Waals surface area contributed by atoms with E-state index in [4.69, 9.17) is 32.7 Å². The predicted molar refractivity (Wildman–Crippen MR) is 185 cm³/mol. The number of ether oxygens (including phenoxy) is 2. The van der Waals surface area contributed by atoms with E-state index in [9.17, 15) is 18.0 Å². The van der Waals surface area contributed by atoms with Crippen LogP contribution in [0, 0.1) is 0 Å². The Bertz CT molecular complexity index is 1770. The molecule has 2 amide bonds. The fraction of sp³-hybridized carbons (Fsp3) is 0.257. The first kappa shape index (κ1) is 35.6. The lowest BCUT2D eigenvalue weighted by atomic mass is 10.0.